The zero-order valence-electron chi connectivity index (χ0n) is 11.9. The van der Waals surface area contributed by atoms with Crippen LogP contribution in [-0.2, 0) is 4.57 Å². The van der Waals surface area contributed by atoms with E-state index < -0.39 is 0 Å². The fourth-order valence-corrected chi connectivity index (χ4v) is 3.55. The van der Waals surface area contributed by atoms with E-state index in [2.05, 4.69) is 42.5 Å². The maximum Gasteiger partial charge on any atom is 0.193 e. The van der Waals surface area contributed by atoms with Gasteiger partial charge in [0.05, 0.1) is 5.30 Å². The quantitative estimate of drug-likeness (QED) is 0.442. The molecule has 2 heteroatoms. The van der Waals surface area contributed by atoms with Crippen molar-refractivity contribution in [3.63, 3.8) is 0 Å². The van der Waals surface area contributed by atoms with Crippen molar-refractivity contribution in [2.75, 3.05) is 0 Å². The lowest BCUT2D eigenvalue weighted by Crippen LogP contribution is -2.00. The summed E-state index contributed by atoms with van der Waals surface area (Å²) in [4.78, 5) is 0. The summed E-state index contributed by atoms with van der Waals surface area (Å²) in [5.74, 6) is 0. The molecule has 1 nitrogen and oxygen atoms in total. The molecular weight excluding hydrogens is 287 g/mol. The smallest absolute Gasteiger partial charge is 0.193 e. The van der Waals surface area contributed by atoms with Gasteiger partial charge in [0, 0.05) is 0 Å². The summed E-state index contributed by atoms with van der Waals surface area (Å²) in [5.41, 5.74) is 2.13. The average molecular weight is 300 g/mol. The third-order valence-electron chi connectivity index (χ3n) is 4.05. The van der Waals surface area contributed by atoms with E-state index in [0.29, 0.717) is 0 Å². The molecule has 22 heavy (non-hydrogen) atoms. The van der Waals surface area contributed by atoms with Gasteiger partial charge in [-0.1, -0.05) is 72.8 Å². The van der Waals surface area contributed by atoms with E-state index in [9.17, 15) is 4.57 Å². The third-order valence-corrected chi connectivity index (χ3v) is 4.72. The number of rotatable bonds is 2. The largest absolute Gasteiger partial charge is 0.269 e. The first kappa shape index (κ1) is 13.2. The Morgan fingerprint density at radius 1 is 0.636 bits per heavy atom. The molecule has 0 amide bonds. The van der Waals surface area contributed by atoms with Gasteiger partial charge in [0.15, 0.2) is 8.46 Å². The van der Waals surface area contributed by atoms with E-state index in [-0.39, 0.29) is 8.46 Å². The van der Waals surface area contributed by atoms with Crippen LogP contribution in [0.1, 0.15) is 0 Å². The van der Waals surface area contributed by atoms with Gasteiger partial charge in [-0.2, -0.15) is 0 Å². The monoisotopic (exact) mass is 300 g/mol. The second kappa shape index (κ2) is 5.36. The molecule has 0 unspecified atom stereocenters. The zero-order valence-corrected chi connectivity index (χ0v) is 12.8. The van der Waals surface area contributed by atoms with Gasteiger partial charge in [-0.15, -0.1) is 0 Å². The lowest BCUT2D eigenvalue weighted by molar-refractivity contribution is 0.603. The second-order valence-corrected chi connectivity index (χ2v) is 5.97. The van der Waals surface area contributed by atoms with Crippen LogP contribution in [0, 0.1) is 0 Å². The number of fused-ring (bicyclic) bond motifs is 2. The van der Waals surface area contributed by atoms with Crippen molar-refractivity contribution >= 4 is 35.3 Å². The van der Waals surface area contributed by atoms with Gasteiger partial charge in [-0.3, -0.25) is 4.57 Å². The van der Waals surface area contributed by atoms with Gasteiger partial charge in [-0.05, 0) is 38.7 Å². The van der Waals surface area contributed by atoms with Gasteiger partial charge in [-0.25, -0.2) is 0 Å². The molecular formula is C20H13OP. The molecule has 4 aromatic carbocycles. The zero-order chi connectivity index (χ0) is 14.9. The van der Waals surface area contributed by atoms with Crippen LogP contribution in [0.25, 0.3) is 32.7 Å². The van der Waals surface area contributed by atoms with Crippen LogP contribution in [-0.4, -0.2) is 0 Å². The lowest BCUT2D eigenvalue weighted by atomic mass is 9.98. The predicted octanol–water partition coefficient (Wildman–Crippen LogP) is 5.58. The Balaban J connectivity index is 2.01. The van der Waals surface area contributed by atoms with E-state index in [4.69, 9.17) is 0 Å². The van der Waals surface area contributed by atoms with Crippen molar-refractivity contribution in [3.8, 4) is 11.1 Å². The highest BCUT2D eigenvalue weighted by molar-refractivity contribution is 7.35. The Bertz CT molecular complexity index is 1000. The first-order valence-electron chi connectivity index (χ1n) is 7.21. The summed E-state index contributed by atoms with van der Waals surface area (Å²) in [6.07, 6.45) is 0. The summed E-state index contributed by atoms with van der Waals surface area (Å²) >= 11 is 0. The van der Waals surface area contributed by atoms with E-state index >= 15 is 0 Å². The Morgan fingerprint density at radius 3 is 2.14 bits per heavy atom. The lowest BCUT2D eigenvalue weighted by Gasteiger charge is -2.09. The molecule has 0 aromatic heterocycles. The van der Waals surface area contributed by atoms with Crippen molar-refractivity contribution < 1.29 is 4.57 Å². The van der Waals surface area contributed by atoms with Crippen LogP contribution in [0.15, 0.2) is 78.9 Å². The Morgan fingerprint density at radius 2 is 1.32 bits per heavy atom. The van der Waals surface area contributed by atoms with E-state index in [1.807, 2.05) is 36.4 Å². The summed E-state index contributed by atoms with van der Waals surface area (Å²) in [6.45, 7) is 0. The molecule has 0 saturated heterocycles. The standard InChI is InChI=1S/C20H13OP/c21-22-20-18-8-4-3-6-15(18)11-12-19(20)17-10-9-14-5-1-2-7-16(14)13-17/h1-13H. The predicted molar refractivity (Wildman–Crippen MR) is 94.1 cm³/mol. The van der Waals surface area contributed by atoms with Gasteiger partial charge in [0.25, 0.3) is 0 Å². The van der Waals surface area contributed by atoms with Crippen LogP contribution >= 0.6 is 8.46 Å². The second-order valence-electron chi connectivity index (χ2n) is 5.34. The van der Waals surface area contributed by atoms with E-state index in [0.717, 1.165) is 27.2 Å². The fraction of sp³-hybridized carbons (Fsp3) is 0. The molecule has 4 aromatic rings. The van der Waals surface area contributed by atoms with Crippen LogP contribution in [0.3, 0.4) is 0 Å². The molecule has 4 rings (SSSR count). The highest BCUT2D eigenvalue weighted by Crippen LogP contribution is 2.28. The number of hydrogen-bond donors (Lipinski definition) is 0. The Labute approximate surface area is 130 Å². The first-order valence-corrected chi connectivity index (χ1v) is 8.02. The molecule has 0 bridgehead atoms. The SMILES string of the molecule is O=Pc1c(-c2ccc3ccccc3c2)ccc2ccccc12. The van der Waals surface area contributed by atoms with Gasteiger partial charge >= 0.3 is 0 Å². The average Bonchev–Trinajstić information content (AvgIpc) is 2.60. The molecule has 0 radical (unpaired) electrons. The Hall–Kier alpha value is -2.50. The normalized spacial score (nSPS) is 11.3. The Kier molecular flexibility index (Phi) is 3.21. The summed E-state index contributed by atoms with van der Waals surface area (Å²) in [6, 6.07) is 26.9. The number of hydrogen-bond acceptors (Lipinski definition) is 1. The molecule has 0 aliphatic rings. The highest BCUT2D eigenvalue weighted by atomic mass is 31.1. The van der Waals surface area contributed by atoms with E-state index in [1.165, 1.54) is 10.8 Å². The van der Waals surface area contributed by atoms with Crippen LogP contribution in [0.5, 0.6) is 0 Å². The van der Waals surface area contributed by atoms with Crippen LogP contribution < -0.4 is 5.30 Å². The molecule has 0 saturated carbocycles. The maximum atomic E-state index is 11.8. The summed E-state index contributed by atoms with van der Waals surface area (Å²) in [7, 11) is 0.0551. The molecule has 0 atom stereocenters. The molecule has 0 fully saturated rings. The van der Waals surface area contributed by atoms with Crippen molar-refractivity contribution in [2.24, 2.45) is 0 Å². The van der Waals surface area contributed by atoms with Gasteiger partial charge < -0.3 is 0 Å². The van der Waals surface area contributed by atoms with Gasteiger partial charge in [0.1, 0.15) is 0 Å². The van der Waals surface area contributed by atoms with Crippen molar-refractivity contribution in [1.82, 2.24) is 0 Å². The minimum atomic E-state index is 0.0551. The molecule has 0 spiro atoms. The summed E-state index contributed by atoms with van der Waals surface area (Å²) in [5, 5.41) is 5.43. The maximum absolute atomic E-state index is 11.8. The topological polar surface area (TPSA) is 17.1 Å². The van der Waals surface area contributed by atoms with Crippen molar-refractivity contribution in [3.05, 3.63) is 78.9 Å². The third kappa shape index (κ3) is 2.11. The van der Waals surface area contributed by atoms with Crippen molar-refractivity contribution in [1.29, 1.82) is 0 Å². The van der Waals surface area contributed by atoms with Crippen LogP contribution in [0.4, 0.5) is 0 Å². The van der Waals surface area contributed by atoms with Gasteiger partial charge in [0.2, 0.25) is 0 Å². The molecule has 0 N–H and O–H groups in total. The fourth-order valence-electron chi connectivity index (χ4n) is 2.94. The van der Waals surface area contributed by atoms with E-state index in [1.54, 1.807) is 0 Å². The minimum Gasteiger partial charge on any atom is -0.269 e. The minimum absolute atomic E-state index is 0.0551. The summed E-state index contributed by atoms with van der Waals surface area (Å²) < 4.78 is 11.8. The highest BCUT2D eigenvalue weighted by Gasteiger charge is 2.10. The molecule has 0 aliphatic heterocycles. The van der Waals surface area contributed by atoms with Crippen molar-refractivity contribution in [2.45, 2.75) is 0 Å². The first-order chi connectivity index (χ1) is 10.9. The number of benzene rings is 4. The molecule has 0 heterocycles. The van der Waals surface area contributed by atoms with Crippen LogP contribution in [0.2, 0.25) is 0 Å². The molecule has 104 valence electrons. The molecule has 0 aliphatic carbocycles.